The van der Waals surface area contributed by atoms with Crippen LogP contribution in [0.3, 0.4) is 0 Å². The largest absolute Gasteiger partial charge is 0.490 e. The minimum Gasteiger partial charge on any atom is -0.490 e. The lowest BCUT2D eigenvalue weighted by atomic mass is 9.90. The molecule has 4 aromatic carbocycles. The Kier molecular flexibility index (Phi) is 8.55. The minimum absolute atomic E-state index is 0.180. The highest BCUT2D eigenvalue weighted by Crippen LogP contribution is 2.42. The molecule has 246 valence electrons. The Bertz CT molecular complexity index is 1850. The monoisotopic (exact) mass is 658 g/mol. The van der Waals surface area contributed by atoms with E-state index in [1.807, 2.05) is 36.4 Å². The average Bonchev–Trinajstić information content (AvgIpc) is 3.68. The summed E-state index contributed by atoms with van der Waals surface area (Å²) in [4.78, 5) is 15.5. The van der Waals surface area contributed by atoms with Crippen LogP contribution in [-0.4, -0.2) is 43.5 Å². The van der Waals surface area contributed by atoms with Gasteiger partial charge in [0.15, 0.2) is 6.04 Å². The summed E-state index contributed by atoms with van der Waals surface area (Å²) >= 11 is 0. The van der Waals surface area contributed by atoms with Gasteiger partial charge in [-0.3, -0.25) is 4.79 Å². The molecule has 1 aliphatic carbocycles. The predicted octanol–water partition coefficient (Wildman–Crippen LogP) is 8.06. The van der Waals surface area contributed by atoms with E-state index in [0.29, 0.717) is 17.1 Å². The number of nitrogens with zero attached hydrogens (tertiary/aromatic N) is 1. The molecular weight excluding hydrogens is 618 g/mol. The number of halogens is 2. The first-order valence-electron chi connectivity index (χ1n) is 16.7. The van der Waals surface area contributed by atoms with Gasteiger partial charge in [-0.2, -0.15) is 13.5 Å². The third-order valence-electron chi connectivity index (χ3n) is 10.2. The number of hydrogen-bond acceptors (Lipinski definition) is 4. The molecule has 3 fully saturated rings. The van der Waals surface area contributed by atoms with Gasteiger partial charge in [-0.25, -0.2) is 8.42 Å². The fraction of sp³-hybridized carbons (Fsp3) is 0.395. The minimum atomic E-state index is -4.54. The number of carbonyl (C=O) groups excluding carboxylic acids is 1. The maximum absolute atomic E-state index is 16.6. The van der Waals surface area contributed by atoms with Crippen molar-refractivity contribution in [1.29, 1.82) is 0 Å². The van der Waals surface area contributed by atoms with Crippen molar-refractivity contribution in [2.45, 2.75) is 93.3 Å². The normalized spacial score (nSPS) is 22.4. The summed E-state index contributed by atoms with van der Waals surface area (Å²) in [5, 5.41) is 1.40. The van der Waals surface area contributed by atoms with E-state index in [1.54, 1.807) is 35.2 Å². The number of hydrogen-bond donors (Lipinski definition) is 1. The van der Waals surface area contributed by atoms with Crippen LogP contribution in [0.4, 0.5) is 8.78 Å². The zero-order valence-electron chi connectivity index (χ0n) is 26.4. The Labute approximate surface area is 275 Å². The molecule has 4 aromatic rings. The van der Waals surface area contributed by atoms with E-state index >= 15 is 8.78 Å². The zero-order chi connectivity index (χ0) is 32.8. The van der Waals surface area contributed by atoms with Gasteiger partial charge in [-0.05, 0) is 103 Å². The number of piperidine rings is 1. The van der Waals surface area contributed by atoms with Crippen LogP contribution in [0.1, 0.15) is 63.9 Å². The van der Waals surface area contributed by atoms with Gasteiger partial charge in [0.05, 0.1) is 11.0 Å². The molecule has 3 aliphatic rings. The third kappa shape index (κ3) is 6.40. The van der Waals surface area contributed by atoms with Crippen molar-refractivity contribution in [3.05, 3.63) is 96.6 Å². The summed E-state index contributed by atoms with van der Waals surface area (Å²) in [6, 6.07) is 22.4. The molecular formula is C38H40F2N2O4S. The van der Waals surface area contributed by atoms with Crippen LogP contribution in [0.2, 0.25) is 0 Å². The molecule has 0 radical (unpaired) electrons. The number of amides is 1. The molecule has 2 aliphatic heterocycles. The lowest BCUT2D eigenvalue weighted by Gasteiger charge is -2.41. The number of fused-ring (bicyclic) bond motifs is 3. The SMILES string of the molecule is CC1CC2CCC(C1)N2C(=O)C(NS(=O)(=O)c1ccc2cc(OC3CCCC3)ccc2c1)C(F)(F)c1ccc(-c2ccccc2)cc1. The molecule has 1 N–H and O–H groups in total. The van der Waals surface area contributed by atoms with Crippen molar-refractivity contribution >= 4 is 26.7 Å². The Hall–Kier alpha value is -3.82. The molecule has 47 heavy (non-hydrogen) atoms. The molecule has 3 unspecified atom stereocenters. The highest BCUT2D eigenvalue weighted by molar-refractivity contribution is 7.89. The van der Waals surface area contributed by atoms with Crippen LogP contribution in [0.25, 0.3) is 21.9 Å². The summed E-state index contributed by atoms with van der Waals surface area (Å²) in [6.45, 7) is 2.11. The molecule has 1 amide bonds. The van der Waals surface area contributed by atoms with Crippen LogP contribution in [0, 0.1) is 5.92 Å². The highest BCUT2D eigenvalue weighted by atomic mass is 32.2. The van der Waals surface area contributed by atoms with Gasteiger partial charge < -0.3 is 9.64 Å². The molecule has 0 aromatic heterocycles. The molecule has 6 nitrogen and oxygen atoms in total. The molecule has 3 atom stereocenters. The van der Waals surface area contributed by atoms with E-state index in [1.165, 1.54) is 24.3 Å². The van der Waals surface area contributed by atoms with Gasteiger partial charge in [0.25, 0.3) is 5.92 Å². The van der Waals surface area contributed by atoms with Crippen molar-refractivity contribution in [1.82, 2.24) is 9.62 Å². The molecule has 9 heteroatoms. The number of benzene rings is 4. The molecule has 1 saturated carbocycles. The summed E-state index contributed by atoms with van der Waals surface area (Å²) in [5.74, 6) is -3.61. The lowest BCUT2D eigenvalue weighted by Crippen LogP contribution is -2.59. The van der Waals surface area contributed by atoms with Gasteiger partial charge in [-0.15, -0.1) is 0 Å². The van der Waals surface area contributed by atoms with E-state index in [9.17, 15) is 13.2 Å². The van der Waals surface area contributed by atoms with Crippen LogP contribution in [0.15, 0.2) is 95.9 Å². The van der Waals surface area contributed by atoms with Crippen LogP contribution < -0.4 is 9.46 Å². The number of sulfonamides is 1. The van der Waals surface area contributed by atoms with Crippen LogP contribution in [0.5, 0.6) is 5.75 Å². The summed E-state index contributed by atoms with van der Waals surface area (Å²) in [7, 11) is -4.54. The number of rotatable bonds is 9. The fourth-order valence-corrected chi connectivity index (χ4v) is 9.01. The first-order chi connectivity index (χ1) is 22.6. The Balaban J connectivity index is 1.20. The number of alkyl halides is 2. The second kappa shape index (κ2) is 12.7. The van der Waals surface area contributed by atoms with Gasteiger partial charge in [0.1, 0.15) is 5.75 Å². The van der Waals surface area contributed by atoms with Crippen molar-refractivity contribution in [3.63, 3.8) is 0 Å². The standard InChI is InChI=1S/C38H40F2N2O4S/c1-25-21-31-17-18-32(22-25)42(31)37(43)36(38(39,40)30-15-11-27(12-16-30)26-7-3-2-4-8-26)41-47(44,45)35-20-14-28-23-34(19-13-29(28)24-35)46-33-9-5-6-10-33/h2-4,7-8,11-16,19-20,23-25,31-33,36,41H,5-6,9-10,17-18,21-22H2,1H3. The predicted molar refractivity (Wildman–Crippen MR) is 179 cm³/mol. The lowest BCUT2D eigenvalue weighted by molar-refractivity contribution is -0.149. The molecule has 0 spiro atoms. The van der Waals surface area contributed by atoms with Gasteiger partial charge >= 0.3 is 0 Å². The van der Waals surface area contributed by atoms with E-state index in [2.05, 4.69) is 11.6 Å². The van der Waals surface area contributed by atoms with Crippen molar-refractivity contribution in [3.8, 4) is 16.9 Å². The van der Waals surface area contributed by atoms with Crippen molar-refractivity contribution in [2.24, 2.45) is 5.92 Å². The smallest absolute Gasteiger partial charge is 0.298 e. The summed E-state index contributed by atoms with van der Waals surface area (Å²) < 4.78 is 69.3. The first-order valence-corrected chi connectivity index (χ1v) is 18.2. The van der Waals surface area contributed by atoms with E-state index in [4.69, 9.17) is 4.74 Å². The quantitative estimate of drug-likeness (QED) is 0.198. The van der Waals surface area contributed by atoms with Gasteiger partial charge in [0.2, 0.25) is 15.9 Å². The maximum atomic E-state index is 16.6. The fourth-order valence-electron chi connectivity index (χ4n) is 7.78. The van der Waals surface area contributed by atoms with Gasteiger partial charge in [-0.1, -0.05) is 73.7 Å². The first kappa shape index (κ1) is 31.8. The topological polar surface area (TPSA) is 75.7 Å². The van der Waals surface area contributed by atoms with Gasteiger partial charge in [0, 0.05) is 17.6 Å². The van der Waals surface area contributed by atoms with Crippen molar-refractivity contribution in [2.75, 3.05) is 0 Å². The van der Waals surface area contributed by atoms with Crippen LogP contribution in [-0.2, 0) is 20.7 Å². The number of carbonyl (C=O) groups is 1. The number of ether oxygens (including phenoxy) is 1. The maximum Gasteiger partial charge on any atom is 0.298 e. The zero-order valence-corrected chi connectivity index (χ0v) is 27.3. The molecule has 2 bridgehead atoms. The summed E-state index contributed by atoms with van der Waals surface area (Å²) in [5.41, 5.74) is 1.18. The second-order valence-electron chi connectivity index (χ2n) is 13.5. The number of nitrogens with one attached hydrogen (secondary N) is 1. The molecule has 2 heterocycles. The van der Waals surface area contributed by atoms with Crippen molar-refractivity contribution < 1.29 is 26.7 Å². The van der Waals surface area contributed by atoms with Crippen LogP contribution >= 0.6 is 0 Å². The van der Waals surface area contributed by atoms with E-state index in [-0.39, 0.29) is 23.1 Å². The second-order valence-corrected chi connectivity index (χ2v) is 15.2. The molecule has 7 rings (SSSR count). The summed E-state index contributed by atoms with van der Waals surface area (Å²) in [6.07, 6.45) is 7.40. The van der Waals surface area contributed by atoms with E-state index < -0.39 is 33.5 Å². The Morgan fingerprint density at radius 2 is 1.45 bits per heavy atom. The highest BCUT2D eigenvalue weighted by Gasteiger charge is 2.53. The Morgan fingerprint density at radius 3 is 2.13 bits per heavy atom. The third-order valence-corrected chi connectivity index (χ3v) is 11.6. The Morgan fingerprint density at radius 1 is 0.830 bits per heavy atom. The molecule has 2 saturated heterocycles. The average molecular weight is 659 g/mol. The van der Waals surface area contributed by atoms with E-state index in [0.717, 1.165) is 67.9 Å².